The van der Waals surface area contributed by atoms with Gasteiger partial charge in [0.2, 0.25) is 0 Å². The van der Waals surface area contributed by atoms with Gasteiger partial charge in [-0.1, -0.05) is 46.9 Å². The molecule has 0 saturated carbocycles. The summed E-state index contributed by atoms with van der Waals surface area (Å²) in [5.41, 5.74) is 1.66. The number of carbonyl (C=O) groups excluding carboxylic acids is 1. The number of aliphatic imine (C=N–C) groups is 1. The predicted molar refractivity (Wildman–Crippen MR) is 114 cm³/mol. The van der Waals surface area contributed by atoms with E-state index in [4.69, 9.17) is 39.5 Å². The van der Waals surface area contributed by atoms with Crippen molar-refractivity contribution < 1.29 is 9.53 Å². The molecule has 27 heavy (non-hydrogen) atoms. The smallest absolute Gasteiger partial charge is 0.266 e. The van der Waals surface area contributed by atoms with Crippen LogP contribution in [0.15, 0.2) is 46.3 Å². The largest absolute Gasteiger partial charge is 0.486 e. The maximum Gasteiger partial charge on any atom is 0.266 e. The van der Waals surface area contributed by atoms with E-state index in [1.165, 1.54) is 16.7 Å². The number of carbonyl (C=O) groups is 1. The molecule has 1 aliphatic heterocycles. The fraction of sp³-hybridized carbons (Fsp3) is 0.158. The first-order valence-corrected chi connectivity index (χ1v) is 9.84. The molecule has 0 spiro atoms. The Labute approximate surface area is 176 Å². The molecule has 0 aliphatic carbocycles. The summed E-state index contributed by atoms with van der Waals surface area (Å²) in [5, 5.41) is 2.05. The molecule has 2 aromatic rings. The van der Waals surface area contributed by atoms with Crippen molar-refractivity contribution in [1.82, 2.24) is 4.90 Å². The molecule has 3 rings (SSSR count). The lowest BCUT2D eigenvalue weighted by Gasteiger charge is -2.11. The number of rotatable bonds is 4. The van der Waals surface area contributed by atoms with Crippen LogP contribution in [-0.2, 0) is 11.4 Å². The van der Waals surface area contributed by atoms with Gasteiger partial charge in [0.15, 0.2) is 10.9 Å². The van der Waals surface area contributed by atoms with Crippen molar-refractivity contribution in [2.45, 2.75) is 6.61 Å². The van der Waals surface area contributed by atoms with Crippen LogP contribution in [0.1, 0.15) is 11.1 Å². The summed E-state index contributed by atoms with van der Waals surface area (Å²) in [6.07, 6.45) is 1.74. The Morgan fingerprint density at radius 1 is 1.15 bits per heavy atom. The minimum atomic E-state index is -0.115. The first-order chi connectivity index (χ1) is 12.9. The molecule has 1 saturated heterocycles. The highest BCUT2D eigenvalue weighted by atomic mass is 35.5. The van der Waals surface area contributed by atoms with Crippen LogP contribution in [-0.4, -0.2) is 30.1 Å². The topological polar surface area (TPSA) is 41.9 Å². The number of ether oxygens (including phenoxy) is 1. The van der Waals surface area contributed by atoms with Crippen molar-refractivity contribution in [1.29, 1.82) is 0 Å². The van der Waals surface area contributed by atoms with Crippen LogP contribution in [0.4, 0.5) is 0 Å². The second-order valence-electron chi connectivity index (χ2n) is 5.71. The molecular weight excluding hydrogens is 427 g/mol. The van der Waals surface area contributed by atoms with E-state index in [-0.39, 0.29) is 5.91 Å². The van der Waals surface area contributed by atoms with Crippen LogP contribution in [0.25, 0.3) is 6.08 Å². The molecule has 0 atom stereocenters. The maximum absolute atomic E-state index is 12.3. The Bertz CT molecular complexity index is 919. The van der Waals surface area contributed by atoms with Crippen LogP contribution >= 0.6 is 46.6 Å². The Hall–Kier alpha value is -1.66. The molecule has 0 unspecified atom stereocenters. The van der Waals surface area contributed by atoms with Crippen molar-refractivity contribution in [2.75, 3.05) is 14.1 Å². The predicted octanol–water partition coefficient (Wildman–Crippen LogP) is 5.76. The average molecular weight is 442 g/mol. The van der Waals surface area contributed by atoms with E-state index in [2.05, 4.69) is 4.99 Å². The summed E-state index contributed by atoms with van der Waals surface area (Å²) in [6.45, 7) is 0.312. The molecule has 0 aromatic heterocycles. The van der Waals surface area contributed by atoms with Gasteiger partial charge in [-0.3, -0.25) is 14.7 Å². The van der Waals surface area contributed by atoms with Gasteiger partial charge in [0, 0.05) is 19.1 Å². The Balaban J connectivity index is 1.80. The maximum atomic E-state index is 12.3. The van der Waals surface area contributed by atoms with Gasteiger partial charge in [-0.15, -0.1) is 0 Å². The third-order valence-corrected chi connectivity index (χ3v) is 5.77. The van der Waals surface area contributed by atoms with Gasteiger partial charge in [0.1, 0.15) is 6.61 Å². The highest BCUT2D eigenvalue weighted by Crippen LogP contribution is 2.37. The fourth-order valence-electron chi connectivity index (χ4n) is 2.44. The summed E-state index contributed by atoms with van der Waals surface area (Å²) < 4.78 is 5.76. The van der Waals surface area contributed by atoms with E-state index in [0.717, 1.165) is 5.56 Å². The van der Waals surface area contributed by atoms with E-state index in [1.807, 2.05) is 12.1 Å². The van der Waals surface area contributed by atoms with Crippen LogP contribution in [0.3, 0.4) is 0 Å². The molecule has 0 radical (unpaired) electrons. The molecule has 0 bridgehead atoms. The summed E-state index contributed by atoms with van der Waals surface area (Å²) in [5.74, 6) is 0.282. The molecule has 2 aromatic carbocycles. The molecule has 1 fully saturated rings. The van der Waals surface area contributed by atoms with Gasteiger partial charge in [-0.2, -0.15) is 0 Å². The standard InChI is InChI=1S/C19H15Cl3N2O2S/c1-23-19-24(2)18(25)16(27-19)9-12-7-14(21)17(15(22)8-12)26-10-11-3-5-13(20)6-4-11/h3-9H,10H2,1-2H3/b16-9+,23-19?. The zero-order valence-corrected chi connectivity index (χ0v) is 17.6. The van der Waals surface area contributed by atoms with Gasteiger partial charge in [-0.05, 0) is 53.2 Å². The monoisotopic (exact) mass is 440 g/mol. The molecule has 1 heterocycles. The Morgan fingerprint density at radius 3 is 2.33 bits per heavy atom. The average Bonchev–Trinajstić information content (AvgIpc) is 2.90. The number of halogens is 3. The van der Waals surface area contributed by atoms with Crippen molar-refractivity contribution >= 4 is 63.7 Å². The molecule has 1 aliphatic rings. The number of amides is 1. The van der Waals surface area contributed by atoms with Gasteiger partial charge in [0.05, 0.1) is 15.0 Å². The van der Waals surface area contributed by atoms with Gasteiger partial charge >= 0.3 is 0 Å². The lowest BCUT2D eigenvalue weighted by molar-refractivity contribution is -0.121. The molecule has 140 valence electrons. The zero-order chi connectivity index (χ0) is 19.6. The lowest BCUT2D eigenvalue weighted by Crippen LogP contribution is -2.23. The zero-order valence-electron chi connectivity index (χ0n) is 14.5. The summed E-state index contributed by atoms with van der Waals surface area (Å²) in [4.78, 5) is 18.4. The van der Waals surface area contributed by atoms with Crippen LogP contribution in [0.5, 0.6) is 5.75 Å². The van der Waals surface area contributed by atoms with Crippen molar-refractivity contribution in [3.8, 4) is 5.75 Å². The molecule has 8 heteroatoms. The van der Waals surface area contributed by atoms with Gasteiger partial charge < -0.3 is 4.74 Å². The molecule has 0 N–H and O–H groups in total. The van der Waals surface area contributed by atoms with E-state index in [1.54, 1.807) is 44.4 Å². The number of amidine groups is 1. The molecular formula is C19H15Cl3N2O2S. The number of benzene rings is 2. The SMILES string of the molecule is CN=C1S/C(=C/c2cc(Cl)c(OCc3ccc(Cl)cc3)c(Cl)c2)C(=O)N1C. The second-order valence-corrected chi connectivity index (χ2v) is 7.97. The summed E-state index contributed by atoms with van der Waals surface area (Å²) >= 11 is 19.9. The number of hydrogen-bond donors (Lipinski definition) is 0. The third kappa shape index (κ3) is 4.61. The van der Waals surface area contributed by atoms with E-state index < -0.39 is 0 Å². The van der Waals surface area contributed by atoms with Crippen LogP contribution in [0.2, 0.25) is 15.1 Å². The van der Waals surface area contributed by atoms with Crippen LogP contribution in [0, 0.1) is 0 Å². The molecule has 1 amide bonds. The van der Waals surface area contributed by atoms with Crippen molar-refractivity contribution in [2.24, 2.45) is 4.99 Å². The van der Waals surface area contributed by atoms with Crippen LogP contribution < -0.4 is 4.74 Å². The number of thioether (sulfide) groups is 1. The van der Waals surface area contributed by atoms with Crippen molar-refractivity contribution in [3.05, 3.63) is 67.5 Å². The van der Waals surface area contributed by atoms with Gasteiger partial charge in [-0.25, -0.2) is 0 Å². The number of nitrogens with zero attached hydrogens (tertiary/aromatic N) is 2. The molecule has 4 nitrogen and oxygen atoms in total. The Kier molecular flexibility index (Phi) is 6.37. The summed E-state index contributed by atoms with van der Waals surface area (Å²) in [6, 6.07) is 10.8. The second kappa shape index (κ2) is 8.57. The van der Waals surface area contributed by atoms with E-state index in [9.17, 15) is 4.79 Å². The first-order valence-electron chi connectivity index (χ1n) is 7.89. The van der Waals surface area contributed by atoms with Crippen molar-refractivity contribution in [3.63, 3.8) is 0 Å². The third-order valence-electron chi connectivity index (χ3n) is 3.81. The highest BCUT2D eigenvalue weighted by molar-refractivity contribution is 8.18. The minimum Gasteiger partial charge on any atom is -0.486 e. The van der Waals surface area contributed by atoms with E-state index in [0.29, 0.717) is 43.1 Å². The summed E-state index contributed by atoms with van der Waals surface area (Å²) in [7, 11) is 3.34. The number of hydrogen-bond acceptors (Lipinski definition) is 4. The van der Waals surface area contributed by atoms with Gasteiger partial charge in [0.25, 0.3) is 5.91 Å². The number of likely N-dealkylation sites (N-methyl/N-ethyl adjacent to an activating group) is 1. The normalized spacial score (nSPS) is 17.2. The Morgan fingerprint density at radius 2 is 1.78 bits per heavy atom. The first kappa shape index (κ1) is 20.1. The lowest BCUT2D eigenvalue weighted by atomic mass is 10.2. The minimum absolute atomic E-state index is 0.115. The van der Waals surface area contributed by atoms with E-state index >= 15 is 0 Å². The fourth-order valence-corrected chi connectivity index (χ4v) is 4.10. The highest BCUT2D eigenvalue weighted by Gasteiger charge is 2.29. The quantitative estimate of drug-likeness (QED) is 0.567.